The molecule has 0 aliphatic carbocycles. The molecule has 4 rings (SSSR count). The van der Waals surface area contributed by atoms with Gasteiger partial charge in [0.25, 0.3) is 5.91 Å². The summed E-state index contributed by atoms with van der Waals surface area (Å²) < 4.78 is 28.8. The number of hydrogen-bond donors (Lipinski definition) is 2. The fourth-order valence-electron chi connectivity index (χ4n) is 3.13. The quantitative estimate of drug-likeness (QED) is 0.619. The first-order valence-corrected chi connectivity index (χ1v) is 9.72. The third-order valence-electron chi connectivity index (χ3n) is 4.41. The lowest BCUT2D eigenvalue weighted by atomic mass is 10.0. The van der Waals surface area contributed by atoms with Gasteiger partial charge in [0.2, 0.25) is 0 Å². The molecule has 1 amide bonds. The fourth-order valence-corrected chi connectivity index (χ4v) is 4.50. The summed E-state index contributed by atoms with van der Waals surface area (Å²) in [7, 11) is 0. The Hall–Kier alpha value is -2.45. The Bertz CT molecular complexity index is 1060. The van der Waals surface area contributed by atoms with Crippen molar-refractivity contribution in [1.82, 2.24) is 14.9 Å². The van der Waals surface area contributed by atoms with E-state index < -0.39 is 0 Å². The van der Waals surface area contributed by atoms with Crippen LogP contribution in [0.3, 0.4) is 0 Å². The maximum absolute atomic E-state index is 13.7. The van der Waals surface area contributed by atoms with Crippen molar-refractivity contribution < 1.29 is 13.6 Å². The zero-order valence-electron chi connectivity index (χ0n) is 14.0. The van der Waals surface area contributed by atoms with Gasteiger partial charge in [-0.15, -0.1) is 11.8 Å². The van der Waals surface area contributed by atoms with Crippen LogP contribution in [-0.2, 0) is 0 Å². The number of imidazole rings is 1. The molecule has 0 saturated carbocycles. The molecule has 4 nitrogen and oxygen atoms in total. The van der Waals surface area contributed by atoms with Gasteiger partial charge in [-0.05, 0) is 66.7 Å². The van der Waals surface area contributed by atoms with E-state index in [9.17, 15) is 13.6 Å². The Morgan fingerprint density at radius 1 is 1.19 bits per heavy atom. The first-order chi connectivity index (χ1) is 13.0. The Kier molecular flexibility index (Phi) is 4.84. The number of carbonyl (C=O) groups excluding carboxylic acids is 1. The molecular weight excluding hydrogens is 388 g/mol. The number of benzene rings is 2. The molecule has 1 aliphatic rings. The molecule has 2 heterocycles. The van der Waals surface area contributed by atoms with Crippen LogP contribution in [0.25, 0.3) is 5.69 Å². The zero-order valence-corrected chi connectivity index (χ0v) is 15.7. The number of carbonyl (C=O) groups is 1. The lowest BCUT2D eigenvalue weighted by Gasteiger charge is -2.26. The SMILES string of the molecule is O=C(NC1CCSc2ccc(F)cc21)c1c[nH]c(=S)n1-c1ccc(F)cc1. The van der Waals surface area contributed by atoms with Gasteiger partial charge >= 0.3 is 0 Å². The smallest absolute Gasteiger partial charge is 0.270 e. The molecule has 1 aliphatic heterocycles. The zero-order chi connectivity index (χ0) is 19.0. The predicted octanol–water partition coefficient (Wildman–Crippen LogP) is 4.78. The maximum Gasteiger partial charge on any atom is 0.270 e. The standard InChI is InChI=1S/C19H15F2N3OS2/c20-11-1-4-13(5-2-11)24-16(10-22-19(24)26)18(25)23-15-7-8-27-17-6-3-12(21)9-14(15)17/h1-6,9-10,15H,7-8H2,(H,22,26)(H,23,25). The van der Waals surface area contributed by atoms with Crippen molar-refractivity contribution in [2.24, 2.45) is 0 Å². The molecule has 8 heteroatoms. The second-order valence-electron chi connectivity index (χ2n) is 6.14. The molecule has 1 atom stereocenters. The number of aromatic amines is 1. The van der Waals surface area contributed by atoms with Crippen molar-refractivity contribution in [3.05, 3.63) is 76.3 Å². The molecule has 138 valence electrons. The minimum absolute atomic E-state index is 0.283. The van der Waals surface area contributed by atoms with Gasteiger partial charge in [-0.25, -0.2) is 8.78 Å². The number of nitrogens with zero attached hydrogens (tertiary/aromatic N) is 1. The summed E-state index contributed by atoms with van der Waals surface area (Å²) in [6, 6.07) is 10.1. The average molecular weight is 403 g/mol. The van der Waals surface area contributed by atoms with Gasteiger partial charge in [0.15, 0.2) is 4.77 Å². The van der Waals surface area contributed by atoms with Crippen molar-refractivity contribution in [3.63, 3.8) is 0 Å². The highest BCUT2D eigenvalue weighted by atomic mass is 32.2. The van der Waals surface area contributed by atoms with Gasteiger partial charge < -0.3 is 10.3 Å². The van der Waals surface area contributed by atoms with Crippen molar-refractivity contribution >= 4 is 29.9 Å². The summed E-state index contributed by atoms with van der Waals surface area (Å²) in [5.74, 6) is -0.198. The summed E-state index contributed by atoms with van der Waals surface area (Å²) in [4.78, 5) is 16.7. The van der Waals surface area contributed by atoms with E-state index in [0.717, 1.165) is 16.2 Å². The molecule has 0 spiro atoms. The van der Waals surface area contributed by atoms with Gasteiger partial charge in [-0.1, -0.05) is 0 Å². The average Bonchev–Trinajstić information content (AvgIpc) is 3.04. The van der Waals surface area contributed by atoms with E-state index >= 15 is 0 Å². The minimum atomic E-state index is -0.370. The summed E-state index contributed by atoms with van der Waals surface area (Å²) in [5.41, 5.74) is 1.67. The molecule has 3 aromatic rings. The fraction of sp³-hybridized carbons (Fsp3) is 0.158. The number of halogens is 2. The molecule has 0 fully saturated rings. The van der Waals surface area contributed by atoms with Crippen LogP contribution in [0.1, 0.15) is 28.5 Å². The Morgan fingerprint density at radius 3 is 2.70 bits per heavy atom. The first kappa shape index (κ1) is 17.9. The van der Waals surface area contributed by atoms with E-state index in [4.69, 9.17) is 12.2 Å². The molecule has 0 bridgehead atoms. The lowest BCUT2D eigenvalue weighted by molar-refractivity contribution is 0.0928. The van der Waals surface area contributed by atoms with Crippen LogP contribution in [0, 0.1) is 16.4 Å². The molecule has 1 aromatic heterocycles. The number of rotatable bonds is 3. The summed E-state index contributed by atoms with van der Waals surface area (Å²) in [6.07, 6.45) is 2.22. The van der Waals surface area contributed by atoms with Gasteiger partial charge in [-0.2, -0.15) is 0 Å². The van der Waals surface area contributed by atoms with E-state index in [-0.39, 0.29) is 23.6 Å². The number of thioether (sulfide) groups is 1. The van der Waals surface area contributed by atoms with Crippen LogP contribution >= 0.6 is 24.0 Å². The molecule has 2 N–H and O–H groups in total. The molecule has 2 aromatic carbocycles. The minimum Gasteiger partial charge on any atom is -0.344 e. The predicted molar refractivity (Wildman–Crippen MR) is 103 cm³/mol. The Morgan fingerprint density at radius 2 is 1.93 bits per heavy atom. The summed E-state index contributed by atoms with van der Waals surface area (Å²) >= 11 is 6.92. The van der Waals surface area contributed by atoms with Gasteiger partial charge in [-0.3, -0.25) is 9.36 Å². The monoisotopic (exact) mass is 403 g/mol. The Balaban J connectivity index is 1.65. The van der Waals surface area contributed by atoms with Crippen molar-refractivity contribution in [1.29, 1.82) is 0 Å². The molecule has 27 heavy (non-hydrogen) atoms. The highest BCUT2D eigenvalue weighted by molar-refractivity contribution is 7.99. The van der Waals surface area contributed by atoms with Crippen LogP contribution in [0.2, 0.25) is 0 Å². The second-order valence-corrected chi connectivity index (χ2v) is 7.66. The maximum atomic E-state index is 13.7. The van der Waals surface area contributed by atoms with Crippen molar-refractivity contribution in [2.45, 2.75) is 17.4 Å². The van der Waals surface area contributed by atoms with Crippen LogP contribution in [0.4, 0.5) is 8.78 Å². The highest BCUT2D eigenvalue weighted by Crippen LogP contribution is 2.36. The number of hydrogen-bond acceptors (Lipinski definition) is 3. The van der Waals surface area contributed by atoms with Gasteiger partial charge in [0, 0.05) is 22.5 Å². The topological polar surface area (TPSA) is 49.8 Å². The third kappa shape index (κ3) is 3.54. The second kappa shape index (κ2) is 7.28. The largest absolute Gasteiger partial charge is 0.344 e. The Labute approximate surface area is 163 Å². The van der Waals surface area contributed by atoms with E-state index in [1.54, 1.807) is 34.5 Å². The summed E-state index contributed by atoms with van der Waals surface area (Å²) in [6.45, 7) is 0. The van der Waals surface area contributed by atoms with Crippen LogP contribution in [0.5, 0.6) is 0 Å². The highest BCUT2D eigenvalue weighted by Gasteiger charge is 2.25. The van der Waals surface area contributed by atoms with Crippen molar-refractivity contribution in [2.75, 3.05) is 5.75 Å². The third-order valence-corrected chi connectivity index (χ3v) is 5.83. The van der Waals surface area contributed by atoms with E-state index in [0.29, 0.717) is 22.6 Å². The van der Waals surface area contributed by atoms with Crippen molar-refractivity contribution in [3.8, 4) is 5.69 Å². The normalized spacial score (nSPS) is 16.0. The number of amides is 1. The van der Waals surface area contributed by atoms with E-state index in [1.165, 1.54) is 30.5 Å². The van der Waals surface area contributed by atoms with Gasteiger partial charge in [0.05, 0.1) is 6.04 Å². The van der Waals surface area contributed by atoms with Crippen LogP contribution in [-0.4, -0.2) is 21.2 Å². The molecular formula is C19H15F2N3OS2. The van der Waals surface area contributed by atoms with Gasteiger partial charge in [0.1, 0.15) is 17.3 Å². The number of nitrogens with one attached hydrogen (secondary N) is 2. The molecule has 0 radical (unpaired) electrons. The summed E-state index contributed by atoms with van der Waals surface area (Å²) in [5, 5.41) is 2.97. The molecule has 0 saturated heterocycles. The van der Waals surface area contributed by atoms with Crippen LogP contribution < -0.4 is 5.32 Å². The molecule has 1 unspecified atom stereocenters. The number of fused-ring (bicyclic) bond motifs is 1. The number of H-pyrrole nitrogens is 1. The first-order valence-electron chi connectivity index (χ1n) is 8.32. The van der Waals surface area contributed by atoms with E-state index in [1.807, 2.05) is 0 Å². The van der Waals surface area contributed by atoms with Crippen LogP contribution in [0.15, 0.2) is 53.6 Å². The lowest BCUT2D eigenvalue weighted by Crippen LogP contribution is -2.32. The number of aromatic nitrogens is 2. The van der Waals surface area contributed by atoms with E-state index in [2.05, 4.69) is 10.3 Å².